The number of carbonyl (C=O) groups is 2. The molecule has 26 heavy (non-hydrogen) atoms. The van der Waals surface area contributed by atoms with Crippen LogP contribution in [0, 0.1) is 13.8 Å². The molecule has 0 saturated heterocycles. The van der Waals surface area contributed by atoms with Gasteiger partial charge in [-0.3, -0.25) is 9.59 Å². The molecule has 0 aliphatic carbocycles. The monoisotopic (exact) mass is 347 g/mol. The van der Waals surface area contributed by atoms with Crippen LogP contribution in [0.5, 0.6) is 0 Å². The number of amides is 2. The molecule has 0 aliphatic heterocycles. The topological polar surface area (TPSA) is 85.1 Å². The van der Waals surface area contributed by atoms with Gasteiger partial charge in [-0.05, 0) is 42.7 Å². The number of hydrogen-bond acceptors (Lipinski definition) is 3. The number of hydrogen-bond donors (Lipinski definition) is 2. The van der Waals surface area contributed by atoms with Crippen LogP contribution in [0.1, 0.15) is 27.2 Å². The summed E-state index contributed by atoms with van der Waals surface area (Å²) in [5.41, 5.74) is 9.74. The van der Waals surface area contributed by atoms with Gasteiger partial charge in [0, 0.05) is 11.8 Å². The molecule has 0 spiro atoms. The molecule has 2 amide bonds. The van der Waals surface area contributed by atoms with E-state index in [2.05, 4.69) is 10.3 Å². The molecule has 1 heterocycles. The number of rotatable bonds is 5. The van der Waals surface area contributed by atoms with Gasteiger partial charge < -0.3 is 11.1 Å². The quantitative estimate of drug-likeness (QED) is 0.744. The fourth-order valence-electron chi connectivity index (χ4n) is 2.81. The molecule has 0 unspecified atom stereocenters. The second-order valence-corrected chi connectivity index (χ2v) is 6.44. The number of primary amides is 1. The first-order chi connectivity index (χ1) is 12.4. The molecule has 3 rings (SSSR count). The minimum atomic E-state index is -0.794. The summed E-state index contributed by atoms with van der Waals surface area (Å²) in [5, 5.41) is 3.65. The average molecular weight is 347 g/mol. The van der Waals surface area contributed by atoms with Crippen molar-refractivity contribution in [3.05, 3.63) is 77.0 Å². The molecule has 132 valence electrons. The van der Waals surface area contributed by atoms with Crippen LogP contribution in [0.3, 0.4) is 0 Å². The molecule has 5 heteroatoms. The standard InChI is InChI=1S/C21H21N3O2/c1-13-7-8-15(11-14(13)2)12-19(20(22)25)24-21(26)18-10-9-16-5-3-4-6-17(16)23-18/h3-11,19H,12H2,1-2H3,(H2,22,25)(H,24,26)/t19-/m1/s1. The SMILES string of the molecule is Cc1ccc(C[C@@H](NC(=O)c2ccc3ccccc3n2)C(N)=O)cc1C. The Labute approximate surface area is 152 Å². The van der Waals surface area contributed by atoms with Gasteiger partial charge >= 0.3 is 0 Å². The van der Waals surface area contributed by atoms with Gasteiger partial charge in [-0.1, -0.05) is 42.5 Å². The third kappa shape index (κ3) is 3.88. The highest BCUT2D eigenvalue weighted by molar-refractivity contribution is 5.97. The van der Waals surface area contributed by atoms with Gasteiger partial charge in [-0.15, -0.1) is 0 Å². The lowest BCUT2D eigenvalue weighted by atomic mass is 10.0. The maximum atomic E-state index is 12.5. The zero-order valence-corrected chi connectivity index (χ0v) is 14.8. The smallest absolute Gasteiger partial charge is 0.270 e. The number of nitrogens with two attached hydrogens (primary N) is 1. The van der Waals surface area contributed by atoms with E-state index in [1.807, 2.05) is 62.4 Å². The Morgan fingerprint density at radius 2 is 1.81 bits per heavy atom. The van der Waals surface area contributed by atoms with Crippen molar-refractivity contribution in [1.82, 2.24) is 10.3 Å². The number of pyridine rings is 1. The normalized spacial score (nSPS) is 11.9. The van der Waals surface area contributed by atoms with Crippen molar-refractivity contribution in [2.24, 2.45) is 5.73 Å². The summed E-state index contributed by atoms with van der Waals surface area (Å²) < 4.78 is 0. The summed E-state index contributed by atoms with van der Waals surface area (Å²) in [6.45, 7) is 4.04. The van der Waals surface area contributed by atoms with E-state index in [4.69, 9.17) is 5.73 Å². The Morgan fingerprint density at radius 1 is 1.04 bits per heavy atom. The summed E-state index contributed by atoms with van der Waals surface area (Å²) in [4.78, 5) is 28.7. The van der Waals surface area contributed by atoms with Crippen LogP contribution in [-0.2, 0) is 11.2 Å². The van der Waals surface area contributed by atoms with Crippen molar-refractivity contribution >= 4 is 22.7 Å². The van der Waals surface area contributed by atoms with E-state index in [1.54, 1.807) is 6.07 Å². The van der Waals surface area contributed by atoms with E-state index in [9.17, 15) is 9.59 Å². The lowest BCUT2D eigenvalue weighted by Gasteiger charge is -2.16. The Morgan fingerprint density at radius 3 is 2.54 bits per heavy atom. The number of para-hydroxylation sites is 1. The molecule has 0 saturated carbocycles. The first-order valence-electron chi connectivity index (χ1n) is 8.46. The molecule has 5 nitrogen and oxygen atoms in total. The van der Waals surface area contributed by atoms with Crippen molar-refractivity contribution in [3.63, 3.8) is 0 Å². The molecule has 0 aliphatic rings. The van der Waals surface area contributed by atoms with Gasteiger partial charge in [-0.2, -0.15) is 0 Å². The third-order valence-electron chi connectivity index (χ3n) is 4.49. The number of benzene rings is 2. The van der Waals surface area contributed by atoms with E-state index < -0.39 is 17.9 Å². The molecule has 0 radical (unpaired) electrons. The fraction of sp³-hybridized carbons (Fsp3) is 0.190. The number of aromatic nitrogens is 1. The Balaban J connectivity index is 1.78. The molecule has 0 bridgehead atoms. The molecule has 1 aromatic heterocycles. The van der Waals surface area contributed by atoms with Crippen LogP contribution in [0.25, 0.3) is 10.9 Å². The molecular weight excluding hydrogens is 326 g/mol. The first kappa shape index (κ1) is 17.6. The summed E-state index contributed by atoms with van der Waals surface area (Å²) in [5.74, 6) is -0.985. The Hall–Kier alpha value is -3.21. The van der Waals surface area contributed by atoms with Gasteiger partial charge in [0.2, 0.25) is 5.91 Å². The molecule has 0 fully saturated rings. The lowest BCUT2D eigenvalue weighted by Crippen LogP contribution is -2.46. The molecular formula is C21H21N3O2. The van der Waals surface area contributed by atoms with Crippen LogP contribution in [0.15, 0.2) is 54.6 Å². The van der Waals surface area contributed by atoms with Gasteiger partial charge in [0.25, 0.3) is 5.91 Å². The maximum absolute atomic E-state index is 12.5. The maximum Gasteiger partial charge on any atom is 0.270 e. The van der Waals surface area contributed by atoms with Crippen LogP contribution >= 0.6 is 0 Å². The van der Waals surface area contributed by atoms with Crippen LogP contribution in [0.4, 0.5) is 0 Å². The highest BCUT2D eigenvalue weighted by atomic mass is 16.2. The van der Waals surface area contributed by atoms with Gasteiger partial charge in [-0.25, -0.2) is 4.98 Å². The predicted octanol–water partition coefficient (Wildman–Crippen LogP) is 2.68. The van der Waals surface area contributed by atoms with Crippen molar-refractivity contribution < 1.29 is 9.59 Å². The first-order valence-corrected chi connectivity index (χ1v) is 8.46. The number of nitrogens with zero attached hydrogens (tertiary/aromatic N) is 1. The minimum absolute atomic E-state index is 0.259. The van der Waals surface area contributed by atoms with Crippen LogP contribution in [-0.4, -0.2) is 22.8 Å². The van der Waals surface area contributed by atoms with Crippen molar-refractivity contribution in [2.45, 2.75) is 26.3 Å². The van der Waals surface area contributed by atoms with Crippen molar-refractivity contribution in [3.8, 4) is 0 Å². The highest BCUT2D eigenvalue weighted by Crippen LogP contribution is 2.14. The third-order valence-corrected chi connectivity index (χ3v) is 4.49. The number of aryl methyl sites for hydroxylation is 2. The molecule has 3 N–H and O–H groups in total. The number of nitrogens with one attached hydrogen (secondary N) is 1. The van der Waals surface area contributed by atoms with E-state index in [0.29, 0.717) is 6.42 Å². The number of carbonyl (C=O) groups excluding carboxylic acids is 2. The van der Waals surface area contributed by atoms with Crippen LogP contribution in [0.2, 0.25) is 0 Å². The summed E-state index contributed by atoms with van der Waals surface area (Å²) in [6, 6.07) is 16.2. The Kier molecular flexibility index (Phi) is 4.98. The zero-order valence-electron chi connectivity index (χ0n) is 14.8. The van der Waals surface area contributed by atoms with Crippen molar-refractivity contribution in [1.29, 1.82) is 0 Å². The minimum Gasteiger partial charge on any atom is -0.368 e. The molecule has 3 aromatic rings. The van der Waals surface area contributed by atoms with Gasteiger partial charge in [0.1, 0.15) is 11.7 Å². The Bertz CT molecular complexity index is 982. The largest absolute Gasteiger partial charge is 0.368 e. The van der Waals surface area contributed by atoms with Gasteiger partial charge in [0.15, 0.2) is 0 Å². The zero-order chi connectivity index (χ0) is 18.7. The summed E-state index contributed by atoms with van der Waals surface area (Å²) in [7, 11) is 0. The van der Waals surface area contributed by atoms with Crippen LogP contribution < -0.4 is 11.1 Å². The molecule has 1 atom stereocenters. The van der Waals surface area contributed by atoms with E-state index in [-0.39, 0.29) is 5.69 Å². The van der Waals surface area contributed by atoms with E-state index in [0.717, 1.165) is 22.0 Å². The second kappa shape index (κ2) is 7.35. The fourth-order valence-corrected chi connectivity index (χ4v) is 2.81. The summed E-state index contributed by atoms with van der Waals surface area (Å²) >= 11 is 0. The number of fused-ring (bicyclic) bond motifs is 1. The van der Waals surface area contributed by atoms with E-state index >= 15 is 0 Å². The lowest BCUT2D eigenvalue weighted by molar-refractivity contribution is -0.119. The average Bonchev–Trinajstić information content (AvgIpc) is 2.63. The van der Waals surface area contributed by atoms with Gasteiger partial charge in [0.05, 0.1) is 5.52 Å². The van der Waals surface area contributed by atoms with E-state index in [1.165, 1.54) is 5.56 Å². The summed E-state index contributed by atoms with van der Waals surface area (Å²) in [6.07, 6.45) is 0.343. The second-order valence-electron chi connectivity index (χ2n) is 6.44. The molecule has 2 aromatic carbocycles. The predicted molar refractivity (Wildman–Crippen MR) is 102 cm³/mol. The van der Waals surface area contributed by atoms with Crippen molar-refractivity contribution in [2.75, 3.05) is 0 Å². The highest BCUT2D eigenvalue weighted by Gasteiger charge is 2.20.